The van der Waals surface area contributed by atoms with E-state index in [9.17, 15) is 4.39 Å². The van der Waals surface area contributed by atoms with Crippen LogP contribution in [-0.2, 0) is 0 Å². The predicted molar refractivity (Wildman–Crippen MR) is 77.7 cm³/mol. The lowest BCUT2D eigenvalue weighted by Gasteiger charge is -2.42. The Labute approximate surface area is 117 Å². The molecular formula is C14H20BrFN2. The first-order valence-electron chi connectivity index (χ1n) is 6.41. The maximum Gasteiger partial charge on any atom is 0.139 e. The molecule has 0 aromatic heterocycles. The summed E-state index contributed by atoms with van der Waals surface area (Å²) in [5.74, 6) is -0.188. The summed E-state index contributed by atoms with van der Waals surface area (Å²) < 4.78 is 14.2. The van der Waals surface area contributed by atoms with E-state index in [0.29, 0.717) is 4.47 Å². The minimum Gasteiger partial charge on any atom is -0.368 e. The van der Waals surface area contributed by atoms with Crippen LogP contribution >= 0.6 is 15.9 Å². The largest absolute Gasteiger partial charge is 0.368 e. The average molecular weight is 315 g/mol. The Morgan fingerprint density at radius 3 is 2.89 bits per heavy atom. The molecule has 1 saturated heterocycles. The number of hydrogen-bond acceptors (Lipinski definition) is 2. The SMILES string of the molecule is CCC1(C)CN(c2cc(F)c(Br)cc2C)CCN1. The molecule has 1 fully saturated rings. The highest BCUT2D eigenvalue weighted by molar-refractivity contribution is 9.10. The summed E-state index contributed by atoms with van der Waals surface area (Å²) in [6.07, 6.45) is 1.07. The van der Waals surface area contributed by atoms with Gasteiger partial charge in [0, 0.05) is 30.9 Å². The molecule has 0 bridgehead atoms. The zero-order valence-corrected chi connectivity index (χ0v) is 12.8. The maximum absolute atomic E-state index is 13.7. The maximum atomic E-state index is 13.7. The molecule has 1 atom stereocenters. The van der Waals surface area contributed by atoms with Crippen molar-refractivity contribution in [2.75, 3.05) is 24.5 Å². The van der Waals surface area contributed by atoms with Gasteiger partial charge in [-0.2, -0.15) is 0 Å². The molecule has 1 aromatic carbocycles. The molecule has 2 nitrogen and oxygen atoms in total. The summed E-state index contributed by atoms with van der Waals surface area (Å²) in [6, 6.07) is 3.50. The first-order chi connectivity index (χ1) is 8.45. The second kappa shape index (κ2) is 5.17. The van der Waals surface area contributed by atoms with E-state index in [-0.39, 0.29) is 11.4 Å². The van der Waals surface area contributed by atoms with Crippen molar-refractivity contribution in [3.05, 3.63) is 28.0 Å². The van der Waals surface area contributed by atoms with Crippen molar-refractivity contribution in [1.82, 2.24) is 5.32 Å². The summed E-state index contributed by atoms with van der Waals surface area (Å²) in [7, 11) is 0. The standard InChI is InChI=1S/C14H20BrFN2/c1-4-14(3)9-18(6-5-17-14)13-8-12(16)11(15)7-10(13)2/h7-8,17H,4-6,9H2,1-3H3. The first-order valence-corrected chi connectivity index (χ1v) is 7.20. The third-order valence-electron chi connectivity index (χ3n) is 3.83. The molecule has 1 unspecified atom stereocenters. The van der Waals surface area contributed by atoms with E-state index < -0.39 is 0 Å². The monoisotopic (exact) mass is 314 g/mol. The predicted octanol–water partition coefficient (Wildman–Crippen LogP) is 3.47. The van der Waals surface area contributed by atoms with Crippen molar-refractivity contribution in [2.45, 2.75) is 32.7 Å². The highest BCUT2D eigenvalue weighted by Crippen LogP contribution is 2.29. The minimum atomic E-state index is -0.188. The Balaban J connectivity index is 2.29. The number of rotatable bonds is 2. The van der Waals surface area contributed by atoms with Gasteiger partial charge in [0.1, 0.15) is 5.82 Å². The van der Waals surface area contributed by atoms with Gasteiger partial charge in [0.25, 0.3) is 0 Å². The summed E-state index contributed by atoms with van der Waals surface area (Å²) in [5.41, 5.74) is 2.24. The van der Waals surface area contributed by atoms with Crippen molar-refractivity contribution in [2.24, 2.45) is 0 Å². The fourth-order valence-electron chi connectivity index (χ4n) is 2.47. The van der Waals surface area contributed by atoms with E-state index in [1.165, 1.54) is 0 Å². The van der Waals surface area contributed by atoms with Crippen LogP contribution in [0.4, 0.5) is 10.1 Å². The van der Waals surface area contributed by atoms with Crippen LogP contribution in [0.25, 0.3) is 0 Å². The van der Waals surface area contributed by atoms with Crippen LogP contribution in [0.2, 0.25) is 0 Å². The zero-order chi connectivity index (χ0) is 13.3. The molecule has 0 aliphatic carbocycles. The van der Waals surface area contributed by atoms with E-state index in [0.717, 1.165) is 37.3 Å². The van der Waals surface area contributed by atoms with Crippen molar-refractivity contribution >= 4 is 21.6 Å². The number of piperazine rings is 1. The van der Waals surface area contributed by atoms with Gasteiger partial charge in [-0.05, 0) is 53.9 Å². The lowest BCUT2D eigenvalue weighted by Crippen LogP contribution is -2.58. The van der Waals surface area contributed by atoms with Crippen LogP contribution in [0.5, 0.6) is 0 Å². The van der Waals surface area contributed by atoms with Crippen molar-refractivity contribution in [3.8, 4) is 0 Å². The Kier molecular flexibility index (Phi) is 3.97. The van der Waals surface area contributed by atoms with Crippen molar-refractivity contribution < 1.29 is 4.39 Å². The summed E-state index contributed by atoms with van der Waals surface area (Å²) in [5, 5.41) is 3.55. The Morgan fingerprint density at radius 2 is 2.22 bits per heavy atom. The van der Waals surface area contributed by atoms with Crippen LogP contribution in [0.3, 0.4) is 0 Å². The van der Waals surface area contributed by atoms with Crippen molar-refractivity contribution in [1.29, 1.82) is 0 Å². The smallest absolute Gasteiger partial charge is 0.139 e. The summed E-state index contributed by atoms with van der Waals surface area (Å²) >= 11 is 3.23. The third kappa shape index (κ3) is 2.69. The van der Waals surface area contributed by atoms with Gasteiger partial charge in [0.15, 0.2) is 0 Å². The lowest BCUT2D eigenvalue weighted by atomic mass is 9.95. The molecule has 1 aliphatic heterocycles. The Morgan fingerprint density at radius 1 is 1.50 bits per heavy atom. The molecule has 1 aromatic rings. The fraction of sp³-hybridized carbons (Fsp3) is 0.571. The molecule has 0 amide bonds. The molecule has 1 N–H and O–H groups in total. The van der Waals surface area contributed by atoms with Gasteiger partial charge >= 0.3 is 0 Å². The van der Waals surface area contributed by atoms with Gasteiger partial charge in [0.2, 0.25) is 0 Å². The van der Waals surface area contributed by atoms with Gasteiger partial charge < -0.3 is 10.2 Å². The summed E-state index contributed by atoms with van der Waals surface area (Å²) in [4.78, 5) is 2.28. The van der Waals surface area contributed by atoms with Gasteiger partial charge in [-0.1, -0.05) is 6.92 Å². The molecule has 0 spiro atoms. The number of halogens is 2. The van der Waals surface area contributed by atoms with E-state index in [4.69, 9.17) is 0 Å². The van der Waals surface area contributed by atoms with Gasteiger partial charge in [-0.3, -0.25) is 0 Å². The number of benzene rings is 1. The molecule has 0 radical (unpaired) electrons. The van der Waals surface area contributed by atoms with E-state index in [2.05, 4.69) is 40.0 Å². The highest BCUT2D eigenvalue weighted by Gasteiger charge is 2.29. The topological polar surface area (TPSA) is 15.3 Å². The zero-order valence-electron chi connectivity index (χ0n) is 11.2. The van der Waals surface area contributed by atoms with Crippen LogP contribution < -0.4 is 10.2 Å². The van der Waals surface area contributed by atoms with Gasteiger partial charge in [-0.15, -0.1) is 0 Å². The summed E-state index contributed by atoms with van der Waals surface area (Å²) in [6.45, 7) is 9.24. The van der Waals surface area contributed by atoms with Gasteiger partial charge in [-0.25, -0.2) is 4.39 Å². The molecular weight excluding hydrogens is 295 g/mol. The quantitative estimate of drug-likeness (QED) is 0.899. The number of aryl methyl sites for hydroxylation is 1. The first kappa shape index (κ1) is 13.8. The Hall–Kier alpha value is -0.610. The molecule has 1 aliphatic rings. The third-order valence-corrected chi connectivity index (χ3v) is 4.44. The molecule has 1 heterocycles. The van der Waals surface area contributed by atoms with Crippen LogP contribution in [0, 0.1) is 12.7 Å². The number of anilines is 1. The second-order valence-corrected chi connectivity index (χ2v) is 6.17. The molecule has 2 rings (SSSR count). The lowest BCUT2D eigenvalue weighted by molar-refractivity contribution is 0.314. The number of nitrogens with zero attached hydrogens (tertiary/aromatic N) is 1. The van der Waals surface area contributed by atoms with E-state index >= 15 is 0 Å². The molecule has 4 heteroatoms. The second-order valence-electron chi connectivity index (χ2n) is 5.32. The minimum absolute atomic E-state index is 0.119. The van der Waals surface area contributed by atoms with Gasteiger partial charge in [0.05, 0.1) is 4.47 Å². The van der Waals surface area contributed by atoms with E-state index in [1.807, 2.05) is 13.0 Å². The van der Waals surface area contributed by atoms with Crippen LogP contribution in [0.15, 0.2) is 16.6 Å². The highest BCUT2D eigenvalue weighted by atomic mass is 79.9. The number of hydrogen-bond donors (Lipinski definition) is 1. The normalized spacial score (nSPS) is 24.4. The van der Waals surface area contributed by atoms with E-state index in [1.54, 1.807) is 6.07 Å². The van der Waals surface area contributed by atoms with Crippen molar-refractivity contribution in [3.63, 3.8) is 0 Å². The Bertz CT molecular complexity index is 450. The molecule has 0 saturated carbocycles. The molecule has 100 valence electrons. The molecule has 18 heavy (non-hydrogen) atoms. The average Bonchev–Trinajstić information content (AvgIpc) is 2.34. The van der Waals surface area contributed by atoms with Crippen LogP contribution in [0.1, 0.15) is 25.8 Å². The fourth-order valence-corrected chi connectivity index (χ4v) is 2.93. The van der Waals surface area contributed by atoms with Crippen LogP contribution in [-0.4, -0.2) is 25.2 Å². The number of nitrogens with one attached hydrogen (secondary N) is 1.